The maximum absolute atomic E-state index is 12.2. The van der Waals surface area contributed by atoms with Crippen molar-refractivity contribution >= 4 is 11.8 Å². The van der Waals surface area contributed by atoms with Crippen molar-refractivity contribution in [1.29, 1.82) is 0 Å². The van der Waals surface area contributed by atoms with Gasteiger partial charge in [0.15, 0.2) is 5.82 Å². The van der Waals surface area contributed by atoms with Crippen LogP contribution in [0.3, 0.4) is 0 Å². The lowest BCUT2D eigenvalue weighted by atomic mass is 9.96. The number of hydrogen-bond donors (Lipinski definition) is 1. The van der Waals surface area contributed by atoms with E-state index >= 15 is 0 Å². The lowest BCUT2D eigenvalue weighted by molar-refractivity contribution is -0.131. The molecule has 0 radical (unpaired) electrons. The van der Waals surface area contributed by atoms with Gasteiger partial charge in [0.2, 0.25) is 17.7 Å². The molecule has 1 saturated heterocycles. The summed E-state index contributed by atoms with van der Waals surface area (Å²) < 4.78 is 5.22. The molecule has 0 spiro atoms. The number of likely N-dealkylation sites (tertiary alicyclic amines) is 1. The molecule has 2 heterocycles. The highest BCUT2D eigenvalue weighted by Gasteiger charge is 2.21. The second-order valence-electron chi connectivity index (χ2n) is 8.01. The zero-order valence-corrected chi connectivity index (χ0v) is 16.3. The average Bonchev–Trinajstić information content (AvgIpc) is 2.89. The Morgan fingerprint density at radius 1 is 1.12 bits per heavy atom. The zero-order valence-electron chi connectivity index (χ0n) is 16.3. The van der Waals surface area contributed by atoms with Crippen LogP contribution in [0.25, 0.3) is 0 Å². The molecule has 2 rings (SSSR count). The van der Waals surface area contributed by atoms with E-state index in [4.69, 9.17) is 4.52 Å². The first kappa shape index (κ1) is 20.4. The van der Waals surface area contributed by atoms with E-state index in [0.717, 1.165) is 25.9 Å². The second-order valence-corrected chi connectivity index (χ2v) is 8.01. The first-order chi connectivity index (χ1) is 12.4. The Morgan fingerprint density at radius 2 is 1.81 bits per heavy atom. The Hall–Kier alpha value is -1.92. The van der Waals surface area contributed by atoms with Gasteiger partial charge < -0.3 is 14.7 Å². The topological polar surface area (TPSA) is 88.3 Å². The van der Waals surface area contributed by atoms with Gasteiger partial charge in [0.1, 0.15) is 0 Å². The van der Waals surface area contributed by atoms with E-state index in [1.807, 2.05) is 25.7 Å². The molecule has 7 heteroatoms. The van der Waals surface area contributed by atoms with Gasteiger partial charge in [0, 0.05) is 44.3 Å². The largest absolute Gasteiger partial charge is 0.356 e. The Labute approximate surface area is 155 Å². The number of carbonyl (C=O) groups is 2. The van der Waals surface area contributed by atoms with Crippen LogP contribution in [-0.2, 0) is 21.4 Å². The van der Waals surface area contributed by atoms with E-state index in [2.05, 4.69) is 15.5 Å². The number of nitrogens with zero attached hydrogens (tertiary/aromatic N) is 3. The van der Waals surface area contributed by atoms with Gasteiger partial charge in [-0.25, -0.2) is 0 Å². The van der Waals surface area contributed by atoms with Crippen LogP contribution in [0.4, 0.5) is 0 Å². The minimum absolute atomic E-state index is 0.0378. The zero-order chi connectivity index (χ0) is 19.0. The third kappa shape index (κ3) is 6.77. The summed E-state index contributed by atoms with van der Waals surface area (Å²) in [5.74, 6) is 1.36. The third-order valence-corrected chi connectivity index (χ3v) is 4.55. The highest BCUT2D eigenvalue weighted by Crippen LogP contribution is 2.18. The first-order valence-electron chi connectivity index (χ1n) is 9.74. The number of nitrogens with one attached hydrogen (secondary N) is 1. The van der Waals surface area contributed by atoms with Crippen molar-refractivity contribution in [3.63, 3.8) is 0 Å². The molecule has 146 valence electrons. The van der Waals surface area contributed by atoms with Gasteiger partial charge in [0.25, 0.3) is 0 Å². The number of rotatable bonds is 7. The Kier molecular flexibility index (Phi) is 7.60. The highest BCUT2D eigenvalue weighted by molar-refractivity contribution is 5.79. The normalized spacial score (nSPS) is 15.6. The van der Waals surface area contributed by atoms with Crippen molar-refractivity contribution < 1.29 is 14.1 Å². The number of aryl methyl sites for hydroxylation is 1. The van der Waals surface area contributed by atoms with E-state index in [9.17, 15) is 9.59 Å². The van der Waals surface area contributed by atoms with Crippen LogP contribution in [0.2, 0.25) is 0 Å². The summed E-state index contributed by atoms with van der Waals surface area (Å²) in [4.78, 5) is 30.4. The average molecular weight is 364 g/mol. The molecular weight excluding hydrogens is 332 g/mol. The molecule has 26 heavy (non-hydrogen) atoms. The predicted octanol–water partition coefficient (Wildman–Crippen LogP) is 2.60. The summed E-state index contributed by atoms with van der Waals surface area (Å²) in [5.41, 5.74) is -0.140. The van der Waals surface area contributed by atoms with Gasteiger partial charge in [-0.1, -0.05) is 38.8 Å². The van der Waals surface area contributed by atoms with Gasteiger partial charge in [-0.2, -0.15) is 4.98 Å². The monoisotopic (exact) mass is 364 g/mol. The second kappa shape index (κ2) is 9.69. The van der Waals surface area contributed by atoms with Crippen molar-refractivity contribution in [3.05, 3.63) is 11.7 Å². The Balaban J connectivity index is 1.60. The number of aromatic nitrogens is 2. The molecule has 1 aromatic rings. The molecule has 1 aliphatic heterocycles. The lowest BCUT2D eigenvalue weighted by Gasteiger charge is -2.20. The van der Waals surface area contributed by atoms with E-state index in [1.165, 1.54) is 12.8 Å². The minimum Gasteiger partial charge on any atom is -0.356 e. The van der Waals surface area contributed by atoms with Crippen molar-refractivity contribution in [2.45, 2.75) is 77.6 Å². The molecule has 0 saturated carbocycles. The maximum atomic E-state index is 12.2. The summed E-state index contributed by atoms with van der Waals surface area (Å²) in [5, 5.41) is 6.81. The van der Waals surface area contributed by atoms with Gasteiger partial charge in [-0.05, 0) is 19.3 Å². The summed E-state index contributed by atoms with van der Waals surface area (Å²) in [6.07, 6.45) is 6.60. The summed E-state index contributed by atoms with van der Waals surface area (Å²) >= 11 is 0. The quantitative estimate of drug-likeness (QED) is 0.803. The lowest BCUT2D eigenvalue weighted by Crippen LogP contribution is -2.35. The SMILES string of the molecule is CC(C)(C)c1noc(CCCC(=O)NCCC(=O)N2CCCCCC2)n1. The molecule has 1 fully saturated rings. The minimum atomic E-state index is -0.140. The van der Waals surface area contributed by atoms with Gasteiger partial charge in [-0.3, -0.25) is 9.59 Å². The Bertz CT molecular complexity index is 584. The van der Waals surface area contributed by atoms with Crippen LogP contribution in [0, 0.1) is 0 Å². The van der Waals surface area contributed by atoms with E-state index in [-0.39, 0.29) is 17.2 Å². The van der Waals surface area contributed by atoms with Crippen LogP contribution >= 0.6 is 0 Å². The third-order valence-electron chi connectivity index (χ3n) is 4.55. The molecule has 1 N–H and O–H groups in total. The highest BCUT2D eigenvalue weighted by atomic mass is 16.5. The number of hydrogen-bond acceptors (Lipinski definition) is 5. The van der Waals surface area contributed by atoms with Gasteiger partial charge in [0.05, 0.1) is 0 Å². The molecule has 2 amide bonds. The van der Waals surface area contributed by atoms with Crippen molar-refractivity contribution in [2.24, 2.45) is 0 Å². The van der Waals surface area contributed by atoms with Crippen LogP contribution in [0.1, 0.15) is 77.4 Å². The molecule has 0 atom stereocenters. The fraction of sp³-hybridized carbons (Fsp3) is 0.789. The van der Waals surface area contributed by atoms with Crippen LogP contribution in [0.5, 0.6) is 0 Å². The van der Waals surface area contributed by atoms with Crippen molar-refractivity contribution in [1.82, 2.24) is 20.4 Å². The van der Waals surface area contributed by atoms with Gasteiger partial charge >= 0.3 is 0 Å². The Morgan fingerprint density at radius 3 is 2.42 bits per heavy atom. The molecule has 0 unspecified atom stereocenters. The van der Waals surface area contributed by atoms with Crippen LogP contribution < -0.4 is 5.32 Å². The van der Waals surface area contributed by atoms with E-state index < -0.39 is 0 Å². The number of amides is 2. The molecule has 1 aromatic heterocycles. The molecule has 1 aliphatic rings. The van der Waals surface area contributed by atoms with Crippen molar-refractivity contribution in [2.75, 3.05) is 19.6 Å². The molecule has 0 aliphatic carbocycles. The van der Waals surface area contributed by atoms with Crippen LogP contribution in [-0.4, -0.2) is 46.5 Å². The maximum Gasteiger partial charge on any atom is 0.226 e. The standard InChI is InChI=1S/C19H32N4O3/c1-19(2,3)18-21-16(26-22-18)10-8-9-15(24)20-12-11-17(25)23-13-6-4-5-7-14-23/h4-14H2,1-3H3,(H,20,24). The fourth-order valence-electron chi connectivity index (χ4n) is 2.94. The van der Waals surface area contributed by atoms with Crippen molar-refractivity contribution in [3.8, 4) is 0 Å². The first-order valence-corrected chi connectivity index (χ1v) is 9.74. The molecular formula is C19H32N4O3. The fourth-order valence-corrected chi connectivity index (χ4v) is 2.94. The molecule has 0 bridgehead atoms. The summed E-state index contributed by atoms with van der Waals surface area (Å²) in [6, 6.07) is 0. The smallest absolute Gasteiger partial charge is 0.226 e. The van der Waals surface area contributed by atoms with E-state index in [0.29, 0.717) is 43.9 Å². The van der Waals surface area contributed by atoms with E-state index in [1.54, 1.807) is 0 Å². The summed E-state index contributed by atoms with van der Waals surface area (Å²) in [6.45, 7) is 8.20. The van der Waals surface area contributed by atoms with Gasteiger partial charge in [-0.15, -0.1) is 0 Å². The molecule has 0 aromatic carbocycles. The summed E-state index contributed by atoms with van der Waals surface area (Å²) in [7, 11) is 0. The predicted molar refractivity (Wildman–Crippen MR) is 98.6 cm³/mol. The number of carbonyl (C=O) groups excluding carboxylic acids is 2. The van der Waals surface area contributed by atoms with Crippen LogP contribution in [0.15, 0.2) is 4.52 Å². The molecule has 7 nitrogen and oxygen atoms in total.